The molecule has 1 N–H and O–H groups in total. The van der Waals surface area contributed by atoms with E-state index >= 15 is 0 Å². The van der Waals surface area contributed by atoms with E-state index in [2.05, 4.69) is 36.7 Å². The van der Waals surface area contributed by atoms with Crippen molar-refractivity contribution in [2.75, 3.05) is 27.1 Å². The summed E-state index contributed by atoms with van der Waals surface area (Å²) < 4.78 is 19.3. The number of hydrazone groups is 1. The normalized spacial score (nSPS) is 10.9. The molecule has 1 heterocycles. The maximum absolute atomic E-state index is 12.5. The first-order valence-corrected chi connectivity index (χ1v) is 12.8. The quantitative estimate of drug-likeness (QED) is 0.160. The van der Waals surface area contributed by atoms with Gasteiger partial charge in [-0.1, -0.05) is 58.0 Å². The SMILES string of the molecule is COc1cc(-c2nnc(SCC(=O)N/N=C/c3cccc(Br)c3)n2-c2ccccc2)cc(OC)c1OC. The molecular weight excluding hydrogens is 558 g/mol. The summed E-state index contributed by atoms with van der Waals surface area (Å²) in [6, 6.07) is 20.9. The van der Waals surface area contributed by atoms with E-state index in [1.54, 1.807) is 27.5 Å². The summed E-state index contributed by atoms with van der Waals surface area (Å²) in [4.78, 5) is 12.5. The maximum Gasteiger partial charge on any atom is 0.250 e. The van der Waals surface area contributed by atoms with E-state index in [9.17, 15) is 4.79 Å². The van der Waals surface area contributed by atoms with Crippen molar-refractivity contribution < 1.29 is 19.0 Å². The molecule has 3 aromatic carbocycles. The fraction of sp³-hybridized carbons (Fsp3) is 0.154. The van der Waals surface area contributed by atoms with Gasteiger partial charge in [0.05, 0.1) is 33.3 Å². The molecule has 11 heteroatoms. The molecule has 0 spiro atoms. The number of hydrogen-bond acceptors (Lipinski definition) is 8. The molecule has 0 aliphatic heterocycles. The Morgan fingerprint density at radius 2 is 1.73 bits per heavy atom. The number of ether oxygens (including phenoxy) is 3. The number of rotatable bonds is 10. The van der Waals surface area contributed by atoms with Gasteiger partial charge in [-0.2, -0.15) is 5.10 Å². The first kappa shape index (κ1) is 26.2. The smallest absolute Gasteiger partial charge is 0.250 e. The molecule has 4 aromatic rings. The molecule has 0 saturated carbocycles. The van der Waals surface area contributed by atoms with Crippen LogP contribution in [-0.4, -0.2) is 54.0 Å². The van der Waals surface area contributed by atoms with Gasteiger partial charge in [-0.15, -0.1) is 10.2 Å². The third kappa shape index (κ3) is 6.30. The second kappa shape index (κ2) is 12.4. The Kier molecular flexibility index (Phi) is 8.81. The van der Waals surface area contributed by atoms with E-state index in [0.29, 0.717) is 33.8 Å². The van der Waals surface area contributed by atoms with E-state index in [1.807, 2.05) is 71.3 Å². The van der Waals surface area contributed by atoms with Crippen molar-refractivity contribution in [2.45, 2.75) is 5.16 Å². The average molecular weight is 582 g/mol. The zero-order valence-electron chi connectivity index (χ0n) is 20.3. The Labute approximate surface area is 227 Å². The van der Waals surface area contributed by atoms with Gasteiger partial charge in [0, 0.05) is 15.7 Å². The van der Waals surface area contributed by atoms with Crippen LogP contribution < -0.4 is 19.6 Å². The molecule has 1 amide bonds. The van der Waals surface area contributed by atoms with Crippen LogP contribution in [0.5, 0.6) is 17.2 Å². The Hall–Kier alpha value is -3.83. The van der Waals surface area contributed by atoms with Crippen LogP contribution in [0, 0.1) is 0 Å². The molecule has 4 rings (SSSR count). The lowest BCUT2D eigenvalue weighted by atomic mass is 10.1. The van der Waals surface area contributed by atoms with E-state index < -0.39 is 0 Å². The molecule has 0 radical (unpaired) electrons. The summed E-state index contributed by atoms with van der Waals surface area (Å²) in [5.74, 6) is 1.85. The molecule has 0 saturated heterocycles. The molecule has 9 nitrogen and oxygen atoms in total. The van der Waals surface area contributed by atoms with Crippen molar-refractivity contribution >= 4 is 39.8 Å². The number of nitrogens with zero attached hydrogens (tertiary/aromatic N) is 4. The minimum absolute atomic E-state index is 0.0933. The lowest BCUT2D eigenvalue weighted by Gasteiger charge is -2.15. The number of amides is 1. The fourth-order valence-corrected chi connectivity index (χ4v) is 4.66. The van der Waals surface area contributed by atoms with Crippen LogP contribution in [0.2, 0.25) is 0 Å². The van der Waals surface area contributed by atoms with Gasteiger partial charge in [-0.25, -0.2) is 5.43 Å². The minimum atomic E-state index is -0.270. The Morgan fingerprint density at radius 1 is 1.00 bits per heavy atom. The van der Waals surface area contributed by atoms with Crippen LogP contribution in [0.3, 0.4) is 0 Å². The zero-order valence-corrected chi connectivity index (χ0v) is 22.7. The standard InChI is InChI=1S/C26H24BrN5O4S/c1-34-21-13-18(14-22(35-2)24(21)36-3)25-30-31-26(32(25)20-10-5-4-6-11-20)37-16-23(33)29-28-15-17-8-7-9-19(27)12-17/h4-15H,16H2,1-3H3,(H,29,33)/b28-15+. The highest BCUT2D eigenvalue weighted by Crippen LogP contribution is 2.41. The number of aromatic nitrogens is 3. The van der Waals surface area contributed by atoms with Gasteiger partial charge < -0.3 is 14.2 Å². The Balaban J connectivity index is 1.59. The number of para-hydroxylation sites is 1. The highest BCUT2D eigenvalue weighted by molar-refractivity contribution is 9.10. The molecule has 190 valence electrons. The van der Waals surface area contributed by atoms with E-state index in [-0.39, 0.29) is 11.7 Å². The van der Waals surface area contributed by atoms with Gasteiger partial charge in [0.1, 0.15) is 0 Å². The molecule has 1 aromatic heterocycles. The second-order valence-corrected chi connectivity index (χ2v) is 9.39. The number of thioether (sulfide) groups is 1. The largest absolute Gasteiger partial charge is 0.493 e. The van der Waals surface area contributed by atoms with E-state index in [1.165, 1.54) is 11.8 Å². The highest BCUT2D eigenvalue weighted by atomic mass is 79.9. The van der Waals surface area contributed by atoms with Crippen LogP contribution >= 0.6 is 27.7 Å². The lowest BCUT2D eigenvalue weighted by Crippen LogP contribution is -2.20. The number of halogens is 1. The summed E-state index contributed by atoms with van der Waals surface area (Å²) in [6.45, 7) is 0. The summed E-state index contributed by atoms with van der Waals surface area (Å²) in [6.07, 6.45) is 1.59. The highest BCUT2D eigenvalue weighted by Gasteiger charge is 2.21. The Morgan fingerprint density at radius 3 is 2.38 bits per heavy atom. The fourth-order valence-electron chi connectivity index (χ4n) is 3.50. The number of hydrogen-bond donors (Lipinski definition) is 1. The van der Waals surface area contributed by atoms with Crippen LogP contribution in [0.4, 0.5) is 0 Å². The monoisotopic (exact) mass is 581 g/mol. The van der Waals surface area contributed by atoms with Crippen LogP contribution in [-0.2, 0) is 4.79 Å². The Bertz CT molecular complexity index is 1390. The van der Waals surface area contributed by atoms with Crippen LogP contribution in [0.1, 0.15) is 5.56 Å². The van der Waals surface area contributed by atoms with Gasteiger partial charge in [0.15, 0.2) is 22.5 Å². The van der Waals surface area contributed by atoms with Gasteiger partial charge in [0.25, 0.3) is 5.91 Å². The number of benzene rings is 3. The van der Waals surface area contributed by atoms with Crippen molar-refractivity contribution in [1.29, 1.82) is 0 Å². The third-order valence-electron chi connectivity index (χ3n) is 5.15. The first-order chi connectivity index (χ1) is 18.0. The molecule has 0 atom stereocenters. The number of nitrogens with one attached hydrogen (secondary N) is 1. The average Bonchev–Trinajstić information content (AvgIpc) is 3.35. The van der Waals surface area contributed by atoms with E-state index in [0.717, 1.165) is 15.7 Å². The molecule has 0 aliphatic carbocycles. The topological polar surface area (TPSA) is 99.9 Å². The summed E-state index contributed by atoms with van der Waals surface area (Å²) in [5, 5.41) is 13.4. The number of methoxy groups -OCH3 is 3. The molecule has 0 bridgehead atoms. The van der Waals surface area contributed by atoms with Crippen molar-refractivity contribution in [3.8, 4) is 34.3 Å². The molecule has 0 unspecified atom stereocenters. The summed E-state index contributed by atoms with van der Waals surface area (Å²) in [7, 11) is 4.67. The van der Waals surface area contributed by atoms with Crippen molar-refractivity contribution in [1.82, 2.24) is 20.2 Å². The lowest BCUT2D eigenvalue weighted by molar-refractivity contribution is -0.118. The van der Waals surface area contributed by atoms with Gasteiger partial charge in [0.2, 0.25) is 5.75 Å². The molecular formula is C26H24BrN5O4S. The number of carbonyl (C=O) groups excluding carboxylic acids is 1. The second-order valence-electron chi connectivity index (χ2n) is 7.53. The first-order valence-electron chi connectivity index (χ1n) is 11.1. The van der Waals surface area contributed by atoms with Crippen LogP contribution in [0.15, 0.2) is 81.5 Å². The van der Waals surface area contributed by atoms with E-state index in [4.69, 9.17) is 14.2 Å². The summed E-state index contributed by atoms with van der Waals surface area (Å²) >= 11 is 4.66. The van der Waals surface area contributed by atoms with Crippen molar-refractivity contribution in [3.63, 3.8) is 0 Å². The van der Waals surface area contributed by atoms with Crippen molar-refractivity contribution in [2.24, 2.45) is 5.10 Å². The summed E-state index contributed by atoms with van der Waals surface area (Å²) in [5.41, 5.74) is 4.96. The van der Waals surface area contributed by atoms with Gasteiger partial charge in [-0.3, -0.25) is 9.36 Å². The molecule has 0 fully saturated rings. The molecule has 0 aliphatic rings. The maximum atomic E-state index is 12.5. The van der Waals surface area contributed by atoms with Crippen LogP contribution in [0.25, 0.3) is 17.1 Å². The predicted octanol–water partition coefficient (Wildman–Crippen LogP) is 4.97. The number of carbonyl (C=O) groups is 1. The zero-order chi connectivity index (χ0) is 26.2. The minimum Gasteiger partial charge on any atom is -0.493 e. The predicted molar refractivity (Wildman–Crippen MR) is 147 cm³/mol. The van der Waals surface area contributed by atoms with Crippen molar-refractivity contribution in [3.05, 3.63) is 76.8 Å². The third-order valence-corrected chi connectivity index (χ3v) is 6.58. The molecule has 37 heavy (non-hydrogen) atoms. The van der Waals surface area contributed by atoms with Gasteiger partial charge >= 0.3 is 0 Å². The van der Waals surface area contributed by atoms with Gasteiger partial charge in [-0.05, 0) is 42.0 Å².